The zero-order chi connectivity index (χ0) is 14.0. The van der Waals surface area contributed by atoms with E-state index in [0.717, 1.165) is 12.8 Å². The molecule has 0 spiro atoms. The van der Waals surface area contributed by atoms with E-state index in [0.29, 0.717) is 18.0 Å². The molecular formula is C14H18FNO3. The van der Waals surface area contributed by atoms with Gasteiger partial charge in [-0.1, -0.05) is 0 Å². The third-order valence-electron chi connectivity index (χ3n) is 3.37. The van der Waals surface area contributed by atoms with Crippen molar-refractivity contribution in [3.8, 4) is 5.75 Å². The topological polar surface area (TPSA) is 49.8 Å². The fourth-order valence-corrected chi connectivity index (χ4v) is 2.01. The average molecular weight is 267 g/mol. The number of ether oxygens (including phenoxy) is 1. The maximum Gasteiger partial charge on any atom is 0.253 e. The van der Waals surface area contributed by atoms with E-state index in [-0.39, 0.29) is 11.7 Å². The molecule has 0 bridgehead atoms. The Morgan fingerprint density at radius 2 is 2.26 bits per heavy atom. The number of amides is 1. The summed E-state index contributed by atoms with van der Waals surface area (Å²) in [5.74, 6) is -0.391. The Balaban J connectivity index is 2.05. The van der Waals surface area contributed by atoms with Crippen LogP contribution in [0.25, 0.3) is 0 Å². The van der Waals surface area contributed by atoms with Crippen molar-refractivity contribution in [1.29, 1.82) is 0 Å². The quantitative estimate of drug-likeness (QED) is 0.883. The predicted octanol–water partition coefficient (Wildman–Crippen LogP) is 1.68. The van der Waals surface area contributed by atoms with Gasteiger partial charge in [0.2, 0.25) is 0 Å². The summed E-state index contributed by atoms with van der Waals surface area (Å²) >= 11 is 0. The fourth-order valence-electron chi connectivity index (χ4n) is 2.01. The molecular weight excluding hydrogens is 249 g/mol. The van der Waals surface area contributed by atoms with Gasteiger partial charge in [-0.2, -0.15) is 0 Å². The molecule has 1 aromatic carbocycles. The van der Waals surface area contributed by atoms with Crippen LogP contribution in [-0.4, -0.2) is 42.7 Å². The minimum atomic E-state index is -0.500. The second kappa shape index (κ2) is 5.57. The number of hydrogen-bond donors (Lipinski definition) is 1. The van der Waals surface area contributed by atoms with Crippen LogP contribution >= 0.6 is 0 Å². The van der Waals surface area contributed by atoms with Gasteiger partial charge >= 0.3 is 0 Å². The van der Waals surface area contributed by atoms with Crippen molar-refractivity contribution in [2.24, 2.45) is 5.92 Å². The number of carbonyl (C=O) groups is 1. The number of aliphatic hydroxyl groups is 1. The molecule has 2 rings (SSSR count). The van der Waals surface area contributed by atoms with Gasteiger partial charge in [0.05, 0.1) is 13.2 Å². The van der Waals surface area contributed by atoms with E-state index in [9.17, 15) is 14.3 Å². The van der Waals surface area contributed by atoms with Gasteiger partial charge in [-0.3, -0.25) is 4.79 Å². The summed E-state index contributed by atoms with van der Waals surface area (Å²) in [6.07, 6.45) is 1.57. The molecule has 0 radical (unpaired) electrons. The van der Waals surface area contributed by atoms with Crippen molar-refractivity contribution in [1.82, 2.24) is 4.90 Å². The molecule has 1 aliphatic rings. The molecule has 1 unspecified atom stereocenters. The molecule has 1 aliphatic carbocycles. The van der Waals surface area contributed by atoms with Crippen LogP contribution in [0.5, 0.6) is 5.75 Å². The number of rotatable bonds is 5. The fraction of sp³-hybridized carbons (Fsp3) is 0.500. The minimum absolute atomic E-state index is 0.0435. The number of halogens is 1. The second-order valence-corrected chi connectivity index (χ2v) is 4.94. The van der Waals surface area contributed by atoms with Crippen LogP contribution in [0.4, 0.5) is 4.39 Å². The van der Waals surface area contributed by atoms with Crippen molar-refractivity contribution in [2.45, 2.75) is 18.9 Å². The molecule has 5 heteroatoms. The highest BCUT2D eigenvalue weighted by Crippen LogP contribution is 2.32. The Labute approximate surface area is 111 Å². The molecule has 0 aromatic heterocycles. The molecule has 104 valence electrons. The third kappa shape index (κ3) is 3.23. The van der Waals surface area contributed by atoms with Crippen LogP contribution in [0.1, 0.15) is 23.2 Å². The van der Waals surface area contributed by atoms with Crippen molar-refractivity contribution >= 4 is 5.91 Å². The highest BCUT2D eigenvalue weighted by molar-refractivity contribution is 5.94. The number of likely N-dealkylation sites (N-methyl/N-ethyl adjacent to an activating group) is 1. The first kappa shape index (κ1) is 13.8. The Morgan fingerprint density at radius 3 is 2.84 bits per heavy atom. The van der Waals surface area contributed by atoms with Crippen molar-refractivity contribution in [3.63, 3.8) is 0 Å². The Hall–Kier alpha value is -1.62. The van der Waals surface area contributed by atoms with E-state index < -0.39 is 11.9 Å². The molecule has 1 amide bonds. The standard InChI is InChI=1S/C14H18FNO3/c1-16(8-12(17)9-3-4-9)14(18)10-5-6-11(15)13(7-10)19-2/h5-7,9,12,17H,3-4,8H2,1-2H3. The molecule has 0 aliphatic heterocycles. The van der Waals surface area contributed by atoms with Crippen LogP contribution in [0.3, 0.4) is 0 Å². The monoisotopic (exact) mass is 267 g/mol. The molecule has 4 nitrogen and oxygen atoms in total. The van der Waals surface area contributed by atoms with Crippen molar-refractivity contribution in [3.05, 3.63) is 29.6 Å². The maximum atomic E-state index is 13.3. The third-order valence-corrected chi connectivity index (χ3v) is 3.37. The lowest BCUT2D eigenvalue weighted by Crippen LogP contribution is -2.35. The highest BCUT2D eigenvalue weighted by atomic mass is 19.1. The molecule has 1 fully saturated rings. The van der Waals surface area contributed by atoms with Crippen LogP contribution in [-0.2, 0) is 0 Å². The van der Waals surface area contributed by atoms with Crippen molar-refractivity contribution in [2.75, 3.05) is 20.7 Å². The van der Waals surface area contributed by atoms with E-state index >= 15 is 0 Å². The van der Waals surface area contributed by atoms with Crippen LogP contribution < -0.4 is 4.74 Å². The van der Waals surface area contributed by atoms with E-state index in [1.54, 1.807) is 7.05 Å². The summed E-state index contributed by atoms with van der Waals surface area (Å²) in [6, 6.07) is 4.00. The lowest BCUT2D eigenvalue weighted by molar-refractivity contribution is 0.0645. The largest absolute Gasteiger partial charge is 0.494 e. The smallest absolute Gasteiger partial charge is 0.253 e. The lowest BCUT2D eigenvalue weighted by atomic mass is 10.1. The second-order valence-electron chi connectivity index (χ2n) is 4.94. The zero-order valence-electron chi connectivity index (χ0n) is 11.1. The lowest BCUT2D eigenvalue weighted by Gasteiger charge is -2.21. The van der Waals surface area contributed by atoms with Gasteiger partial charge in [0, 0.05) is 19.2 Å². The molecule has 1 aromatic rings. The van der Waals surface area contributed by atoms with E-state index in [1.165, 1.54) is 30.2 Å². The summed E-state index contributed by atoms with van der Waals surface area (Å²) in [5.41, 5.74) is 0.351. The number of nitrogens with zero attached hydrogens (tertiary/aromatic N) is 1. The predicted molar refractivity (Wildman–Crippen MR) is 68.6 cm³/mol. The number of aliphatic hydroxyl groups excluding tert-OH is 1. The molecule has 1 N–H and O–H groups in total. The number of benzene rings is 1. The first-order valence-electron chi connectivity index (χ1n) is 6.30. The van der Waals surface area contributed by atoms with E-state index in [4.69, 9.17) is 4.74 Å². The Morgan fingerprint density at radius 1 is 1.58 bits per heavy atom. The molecule has 0 saturated heterocycles. The summed E-state index contributed by atoms with van der Waals surface area (Å²) in [6.45, 7) is 0.295. The molecule has 1 saturated carbocycles. The van der Waals surface area contributed by atoms with Crippen LogP contribution in [0.2, 0.25) is 0 Å². The van der Waals surface area contributed by atoms with Gasteiger partial charge in [0.15, 0.2) is 11.6 Å². The molecule has 19 heavy (non-hydrogen) atoms. The van der Waals surface area contributed by atoms with Crippen molar-refractivity contribution < 1.29 is 19.0 Å². The summed E-state index contributed by atoms with van der Waals surface area (Å²) in [7, 11) is 2.98. The van der Waals surface area contributed by atoms with E-state index in [2.05, 4.69) is 0 Å². The molecule has 1 atom stereocenters. The Kier molecular flexibility index (Phi) is 4.04. The minimum Gasteiger partial charge on any atom is -0.494 e. The van der Waals surface area contributed by atoms with Crippen LogP contribution in [0.15, 0.2) is 18.2 Å². The summed E-state index contributed by atoms with van der Waals surface area (Å²) in [5, 5.41) is 9.82. The van der Waals surface area contributed by atoms with Crippen LogP contribution in [0, 0.1) is 11.7 Å². The number of methoxy groups -OCH3 is 1. The summed E-state index contributed by atoms with van der Waals surface area (Å²) in [4.78, 5) is 13.6. The van der Waals surface area contributed by atoms with Gasteiger partial charge in [-0.15, -0.1) is 0 Å². The van der Waals surface area contributed by atoms with Gasteiger partial charge in [-0.25, -0.2) is 4.39 Å². The zero-order valence-corrected chi connectivity index (χ0v) is 11.1. The molecule has 0 heterocycles. The van der Waals surface area contributed by atoms with Gasteiger partial charge in [0.25, 0.3) is 5.91 Å². The van der Waals surface area contributed by atoms with Gasteiger partial charge < -0.3 is 14.7 Å². The number of hydrogen-bond acceptors (Lipinski definition) is 3. The number of carbonyl (C=O) groups excluding carboxylic acids is 1. The van der Waals surface area contributed by atoms with Gasteiger partial charge in [-0.05, 0) is 37.0 Å². The highest BCUT2D eigenvalue weighted by Gasteiger charge is 2.31. The SMILES string of the molecule is COc1cc(C(=O)N(C)CC(O)C2CC2)ccc1F. The first-order chi connectivity index (χ1) is 9.02. The normalized spacial score (nSPS) is 16.0. The average Bonchev–Trinajstić information content (AvgIpc) is 3.22. The van der Waals surface area contributed by atoms with E-state index in [1.807, 2.05) is 0 Å². The Bertz CT molecular complexity index is 474. The maximum absolute atomic E-state index is 13.3. The van der Waals surface area contributed by atoms with Gasteiger partial charge in [0.1, 0.15) is 0 Å². The first-order valence-corrected chi connectivity index (χ1v) is 6.30. The summed E-state index contributed by atoms with van der Waals surface area (Å²) < 4.78 is 18.1.